The third kappa shape index (κ3) is 4.74. The Balaban J connectivity index is 2.13. The predicted molar refractivity (Wildman–Crippen MR) is 91.7 cm³/mol. The molecule has 1 nitrogen and oxygen atoms in total. The van der Waals surface area contributed by atoms with E-state index in [1.165, 1.54) is 16.8 Å². The lowest BCUT2D eigenvalue weighted by atomic mass is 10.1. The summed E-state index contributed by atoms with van der Waals surface area (Å²) >= 11 is 0. The highest BCUT2D eigenvalue weighted by Crippen LogP contribution is 2.32. The van der Waals surface area contributed by atoms with Crippen molar-refractivity contribution in [1.82, 2.24) is 5.32 Å². The van der Waals surface area contributed by atoms with Crippen LogP contribution in [-0.2, 0) is 0 Å². The zero-order valence-corrected chi connectivity index (χ0v) is 13.5. The van der Waals surface area contributed by atoms with Gasteiger partial charge >= 0.3 is 0 Å². The SMILES string of the molecule is CC(C)(C)NCCP(c1ccccc1)c1ccccc1. The molecule has 1 N–H and O–H groups in total. The molecule has 0 fully saturated rings. The van der Waals surface area contributed by atoms with Gasteiger partial charge in [-0.05, 0) is 45.5 Å². The lowest BCUT2D eigenvalue weighted by Crippen LogP contribution is -2.38. The van der Waals surface area contributed by atoms with E-state index < -0.39 is 0 Å². The molecule has 0 aromatic heterocycles. The van der Waals surface area contributed by atoms with Crippen molar-refractivity contribution < 1.29 is 0 Å². The fraction of sp³-hybridized carbons (Fsp3) is 0.333. The number of benzene rings is 2. The zero-order chi connectivity index (χ0) is 14.4. The standard InChI is InChI=1S/C18H24NP/c1-18(2,3)19-14-15-20(16-10-6-4-7-11-16)17-12-8-5-9-13-17/h4-13,19H,14-15H2,1-3H3. The average Bonchev–Trinajstić information content (AvgIpc) is 2.44. The maximum absolute atomic E-state index is 3.61. The van der Waals surface area contributed by atoms with Crippen molar-refractivity contribution in [2.45, 2.75) is 26.3 Å². The molecule has 0 saturated carbocycles. The Morgan fingerprint density at radius 3 is 1.65 bits per heavy atom. The highest BCUT2D eigenvalue weighted by molar-refractivity contribution is 7.73. The van der Waals surface area contributed by atoms with Crippen LogP contribution in [0.4, 0.5) is 0 Å². The fourth-order valence-corrected chi connectivity index (χ4v) is 4.38. The number of hydrogen-bond acceptors (Lipinski definition) is 1. The van der Waals surface area contributed by atoms with Gasteiger partial charge in [0.1, 0.15) is 0 Å². The fourth-order valence-electron chi connectivity index (χ4n) is 2.17. The van der Waals surface area contributed by atoms with Crippen LogP contribution in [0.3, 0.4) is 0 Å². The molecule has 2 aromatic carbocycles. The molecule has 0 bridgehead atoms. The Hall–Kier alpha value is -1.17. The van der Waals surface area contributed by atoms with E-state index in [1.54, 1.807) is 0 Å². The molecule has 0 aliphatic carbocycles. The van der Waals surface area contributed by atoms with E-state index in [9.17, 15) is 0 Å². The van der Waals surface area contributed by atoms with Crippen molar-refractivity contribution in [2.75, 3.05) is 12.7 Å². The molecule has 20 heavy (non-hydrogen) atoms. The lowest BCUT2D eigenvalue weighted by Gasteiger charge is -2.24. The average molecular weight is 285 g/mol. The minimum absolute atomic E-state index is 0.189. The molecule has 0 amide bonds. The Labute approximate surface area is 124 Å². The Morgan fingerprint density at radius 2 is 1.25 bits per heavy atom. The summed E-state index contributed by atoms with van der Waals surface area (Å²) in [6.07, 6.45) is 1.18. The van der Waals surface area contributed by atoms with Gasteiger partial charge < -0.3 is 5.32 Å². The van der Waals surface area contributed by atoms with Gasteiger partial charge in [0.2, 0.25) is 0 Å². The maximum atomic E-state index is 3.61. The molecule has 0 unspecified atom stereocenters. The monoisotopic (exact) mass is 285 g/mol. The van der Waals surface area contributed by atoms with Crippen molar-refractivity contribution in [3.05, 3.63) is 60.7 Å². The molecule has 0 spiro atoms. The Bertz CT molecular complexity index is 462. The molecule has 0 heterocycles. The van der Waals surface area contributed by atoms with Crippen molar-refractivity contribution in [1.29, 1.82) is 0 Å². The van der Waals surface area contributed by atoms with Crippen molar-refractivity contribution in [3.8, 4) is 0 Å². The first kappa shape index (κ1) is 15.2. The van der Waals surface area contributed by atoms with Gasteiger partial charge in [0.25, 0.3) is 0 Å². The smallest absolute Gasteiger partial charge is 0.00966 e. The van der Waals surface area contributed by atoms with Crippen LogP contribution >= 0.6 is 7.92 Å². The van der Waals surface area contributed by atoms with Crippen LogP contribution in [0, 0.1) is 0 Å². The van der Waals surface area contributed by atoms with E-state index in [1.807, 2.05) is 0 Å². The van der Waals surface area contributed by atoms with E-state index in [-0.39, 0.29) is 13.5 Å². The normalized spacial score (nSPS) is 11.8. The summed E-state index contributed by atoms with van der Waals surface area (Å²) in [4.78, 5) is 0. The molecule has 2 aromatic rings. The second kappa shape index (κ2) is 7.02. The van der Waals surface area contributed by atoms with Crippen molar-refractivity contribution >= 4 is 18.5 Å². The van der Waals surface area contributed by atoms with Crippen LogP contribution in [0.15, 0.2) is 60.7 Å². The van der Waals surface area contributed by atoms with Gasteiger partial charge in [0, 0.05) is 12.1 Å². The second-order valence-electron chi connectivity index (χ2n) is 6.00. The largest absolute Gasteiger partial charge is 0.312 e. The molecule has 0 saturated heterocycles. The van der Waals surface area contributed by atoms with Crippen LogP contribution in [0.2, 0.25) is 0 Å². The van der Waals surface area contributed by atoms with Gasteiger partial charge in [-0.15, -0.1) is 0 Å². The highest BCUT2D eigenvalue weighted by Gasteiger charge is 2.15. The van der Waals surface area contributed by atoms with Gasteiger partial charge in [-0.2, -0.15) is 0 Å². The van der Waals surface area contributed by atoms with E-state index in [4.69, 9.17) is 0 Å². The summed E-state index contributed by atoms with van der Waals surface area (Å²) < 4.78 is 0. The Kier molecular flexibility index (Phi) is 5.34. The van der Waals surface area contributed by atoms with Crippen molar-refractivity contribution in [3.63, 3.8) is 0 Å². The van der Waals surface area contributed by atoms with Crippen LogP contribution < -0.4 is 15.9 Å². The molecule has 0 atom stereocenters. The summed E-state index contributed by atoms with van der Waals surface area (Å²) in [5, 5.41) is 6.53. The van der Waals surface area contributed by atoms with Gasteiger partial charge in [-0.25, -0.2) is 0 Å². The highest BCUT2D eigenvalue weighted by atomic mass is 31.1. The zero-order valence-electron chi connectivity index (χ0n) is 12.6. The molecule has 2 heteroatoms. The van der Waals surface area contributed by atoms with Crippen LogP contribution in [-0.4, -0.2) is 18.2 Å². The summed E-state index contributed by atoms with van der Waals surface area (Å²) in [7, 11) is -0.266. The second-order valence-corrected chi connectivity index (χ2v) is 8.34. The van der Waals surface area contributed by atoms with E-state index in [0.29, 0.717) is 0 Å². The third-order valence-electron chi connectivity index (χ3n) is 3.13. The number of nitrogens with one attached hydrogen (secondary N) is 1. The van der Waals surface area contributed by atoms with Crippen LogP contribution in [0.5, 0.6) is 0 Å². The summed E-state index contributed by atoms with van der Waals surface area (Å²) in [5.41, 5.74) is 0.189. The molecule has 0 radical (unpaired) electrons. The van der Waals surface area contributed by atoms with E-state index >= 15 is 0 Å². The number of rotatable bonds is 5. The quantitative estimate of drug-likeness (QED) is 0.829. The topological polar surface area (TPSA) is 12.0 Å². The minimum Gasteiger partial charge on any atom is -0.312 e. The third-order valence-corrected chi connectivity index (χ3v) is 5.64. The van der Waals surface area contributed by atoms with Gasteiger partial charge in [0.05, 0.1) is 0 Å². The molecule has 2 rings (SSSR count). The number of hydrogen-bond donors (Lipinski definition) is 1. The molecular formula is C18H24NP. The van der Waals surface area contributed by atoms with E-state index in [0.717, 1.165) is 6.54 Å². The van der Waals surface area contributed by atoms with Crippen LogP contribution in [0.25, 0.3) is 0 Å². The van der Waals surface area contributed by atoms with Crippen LogP contribution in [0.1, 0.15) is 20.8 Å². The molecule has 0 aliphatic heterocycles. The summed E-state index contributed by atoms with van der Waals surface area (Å²) in [6.45, 7) is 7.72. The van der Waals surface area contributed by atoms with Crippen molar-refractivity contribution in [2.24, 2.45) is 0 Å². The van der Waals surface area contributed by atoms with Gasteiger partial charge in [0.15, 0.2) is 0 Å². The maximum Gasteiger partial charge on any atom is 0.00966 e. The first-order chi connectivity index (χ1) is 9.56. The summed E-state index contributed by atoms with van der Waals surface area (Å²) in [6, 6.07) is 21.8. The van der Waals surface area contributed by atoms with Gasteiger partial charge in [-0.3, -0.25) is 0 Å². The van der Waals surface area contributed by atoms with E-state index in [2.05, 4.69) is 86.8 Å². The molecule has 106 valence electrons. The predicted octanol–water partition coefficient (Wildman–Crippen LogP) is 3.51. The molecule has 0 aliphatic rings. The summed E-state index contributed by atoms with van der Waals surface area (Å²) in [5.74, 6) is 0. The first-order valence-electron chi connectivity index (χ1n) is 7.19. The first-order valence-corrected chi connectivity index (χ1v) is 8.72. The lowest BCUT2D eigenvalue weighted by molar-refractivity contribution is 0.441. The molecular weight excluding hydrogens is 261 g/mol. The minimum atomic E-state index is -0.266. The van der Waals surface area contributed by atoms with Gasteiger partial charge in [-0.1, -0.05) is 60.7 Å². The Morgan fingerprint density at radius 1 is 0.800 bits per heavy atom.